The molecule has 23 heavy (non-hydrogen) atoms. The molecule has 8 nitrogen and oxygen atoms in total. The Labute approximate surface area is 135 Å². The monoisotopic (exact) mass is 321 g/mol. The molecule has 2 unspecified atom stereocenters. The maximum atomic E-state index is 11.7. The Bertz CT molecular complexity index is 610. The van der Waals surface area contributed by atoms with E-state index in [0.717, 1.165) is 17.8 Å². The number of hydrogen-bond donors (Lipinski definition) is 3. The topological polar surface area (TPSA) is 105 Å². The number of carbonyl (C=O) groups excluding carboxylic acids is 3. The summed E-state index contributed by atoms with van der Waals surface area (Å²) >= 11 is 0. The van der Waals surface area contributed by atoms with Crippen molar-refractivity contribution in [3.8, 4) is 0 Å². The zero-order valence-electron chi connectivity index (χ0n) is 13.7. The summed E-state index contributed by atoms with van der Waals surface area (Å²) in [6, 6.07) is 1.87. The number of hydrazine groups is 1. The minimum Gasteiger partial charge on any atom is -0.355 e. The maximum absolute atomic E-state index is 11.7. The minimum absolute atomic E-state index is 0.00105. The average Bonchev–Trinajstić information content (AvgIpc) is 3.12. The molecule has 0 aromatic carbocycles. The molecule has 8 heteroatoms. The van der Waals surface area contributed by atoms with Gasteiger partial charge < -0.3 is 5.32 Å². The van der Waals surface area contributed by atoms with Gasteiger partial charge in [-0.15, -0.1) is 0 Å². The number of amides is 3. The summed E-state index contributed by atoms with van der Waals surface area (Å²) in [4.78, 5) is 34.9. The molecule has 3 amide bonds. The second-order valence-electron chi connectivity index (χ2n) is 6.04. The third kappa shape index (κ3) is 5.08. The van der Waals surface area contributed by atoms with Crippen LogP contribution in [0.3, 0.4) is 0 Å². The second-order valence-corrected chi connectivity index (χ2v) is 6.04. The molecular formula is C15H23N5O3. The zero-order chi connectivity index (χ0) is 17.0. The van der Waals surface area contributed by atoms with Crippen molar-refractivity contribution in [2.75, 3.05) is 6.54 Å². The molecule has 1 heterocycles. The van der Waals surface area contributed by atoms with Crippen molar-refractivity contribution >= 4 is 17.7 Å². The summed E-state index contributed by atoms with van der Waals surface area (Å²) < 4.78 is 1.56. The number of rotatable bonds is 6. The summed E-state index contributed by atoms with van der Waals surface area (Å²) in [7, 11) is 0. The van der Waals surface area contributed by atoms with Crippen LogP contribution in [0.1, 0.15) is 31.2 Å². The molecular weight excluding hydrogens is 298 g/mol. The van der Waals surface area contributed by atoms with E-state index in [1.54, 1.807) is 4.68 Å². The first-order valence-electron chi connectivity index (χ1n) is 7.73. The number of aryl methyl sites for hydroxylation is 2. The molecule has 1 aliphatic carbocycles. The van der Waals surface area contributed by atoms with E-state index in [2.05, 4.69) is 21.3 Å². The largest absolute Gasteiger partial charge is 0.355 e. The van der Waals surface area contributed by atoms with Crippen LogP contribution in [0.4, 0.5) is 0 Å². The van der Waals surface area contributed by atoms with Gasteiger partial charge in [-0.25, -0.2) is 0 Å². The summed E-state index contributed by atoms with van der Waals surface area (Å²) in [5.41, 5.74) is 6.37. The zero-order valence-corrected chi connectivity index (χ0v) is 13.7. The van der Waals surface area contributed by atoms with Gasteiger partial charge in [-0.05, 0) is 32.3 Å². The molecule has 126 valence electrons. The first kappa shape index (κ1) is 17.0. The lowest BCUT2D eigenvalue weighted by molar-refractivity contribution is -0.129. The normalized spacial score (nSPS) is 19.1. The van der Waals surface area contributed by atoms with Crippen LogP contribution in [0.15, 0.2) is 6.07 Å². The molecule has 1 aliphatic rings. The predicted octanol–water partition coefficient (Wildman–Crippen LogP) is -0.190. The van der Waals surface area contributed by atoms with Gasteiger partial charge in [-0.1, -0.05) is 6.92 Å². The lowest BCUT2D eigenvalue weighted by atomic mass is 10.3. The third-order valence-electron chi connectivity index (χ3n) is 3.84. The van der Waals surface area contributed by atoms with Gasteiger partial charge in [0.1, 0.15) is 6.54 Å². The SMILES string of the molecule is Cc1cc(C)n(CC(=O)NNC(=O)CCNC(=O)C2CC2C)n1. The Balaban J connectivity index is 1.61. The molecule has 0 radical (unpaired) electrons. The van der Waals surface area contributed by atoms with E-state index in [1.165, 1.54) is 0 Å². The van der Waals surface area contributed by atoms with Gasteiger partial charge in [0.2, 0.25) is 11.8 Å². The van der Waals surface area contributed by atoms with Gasteiger partial charge in [0.05, 0.1) is 5.69 Å². The quantitative estimate of drug-likeness (QED) is 0.632. The number of aromatic nitrogens is 2. The summed E-state index contributed by atoms with van der Waals surface area (Å²) in [6.07, 6.45) is 1.04. The van der Waals surface area contributed by atoms with Gasteiger partial charge >= 0.3 is 0 Å². The van der Waals surface area contributed by atoms with Crippen molar-refractivity contribution in [1.29, 1.82) is 0 Å². The lowest BCUT2D eigenvalue weighted by Gasteiger charge is -2.09. The number of carbonyl (C=O) groups is 3. The second kappa shape index (κ2) is 7.26. The van der Waals surface area contributed by atoms with E-state index < -0.39 is 0 Å². The highest BCUT2D eigenvalue weighted by Crippen LogP contribution is 2.37. The van der Waals surface area contributed by atoms with Crippen LogP contribution in [0.5, 0.6) is 0 Å². The van der Waals surface area contributed by atoms with Crippen molar-refractivity contribution in [2.24, 2.45) is 11.8 Å². The van der Waals surface area contributed by atoms with E-state index in [-0.39, 0.29) is 43.1 Å². The Morgan fingerprint density at radius 1 is 1.26 bits per heavy atom. The van der Waals surface area contributed by atoms with Crippen LogP contribution in [-0.2, 0) is 20.9 Å². The number of nitrogens with one attached hydrogen (secondary N) is 3. The van der Waals surface area contributed by atoms with Crippen LogP contribution in [0.2, 0.25) is 0 Å². The standard InChI is InChI=1S/C15H23N5O3/c1-9-6-12(9)15(23)16-5-4-13(21)17-18-14(22)8-20-11(3)7-10(2)19-20/h7,9,12H,4-6,8H2,1-3H3,(H,16,23)(H,17,21)(H,18,22). The summed E-state index contributed by atoms with van der Waals surface area (Å²) in [5.74, 6) is -0.175. The highest BCUT2D eigenvalue weighted by atomic mass is 16.2. The fourth-order valence-electron chi connectivity index (χ4n) is 2.33. The van der Waals surface area contributed by atoms with E-state index >= 15 is 0 Å². The Morgan fingerprint density at radius 2 is 1.91 bits per heavy atom. The van der Waals surface area contributed by atoms with Crippen molar-refractivity contribution in [3.63, 3.8) is 0 Å². The molecule has 1 aromatic rings. The minimum atomic E-state index is -0.361. The number of hydrogen-bond acceptors (Lipinski definition) is 4. The fourth-order valence-corrected chi connectivity index (χ4v) is 2.33. The van der Waals surface area contributed by atoms with Gasteiger partial charge in [0.15, 0.2) is 0 Å². The van der Waals surface area contributed by atoms with Crippen LogP contribution >= 0.6 is 0 Å². The molecule has 0 bridgehead atoms. The Hall–Kier alpha value is -2.38. The smallest absolute Gasteiger partial charge is 0.260 e. The Morgan fingerprint density at radius 3 is 2.48 bits per heavy atom. The first-order valence-corrected chi connectivity index (χ1v) is 7.73. The highest BCUT2D eigenvalue weighted by Gasteiger charge is 2.38. The molecule has 0 spiro atoms. The van der Waals surface area contributed by atoms with E-state index in [4.69, 9.17) is 0 Å². The van der Waals surface area contributed by atoms with Crippen LogP contribution < -0.4 is 16.2 Å². The summed E-state index contributed by atoms with van der Waals surface area (Å²) in [5, 5.41) is 6.89. The molecule has 3 N–H and O–H groups in total. The van der Waals surface area contributed by atoms with Gasteiger partial charge in [-0.2, -0.15) is 5.10 Å². The van der Waals surface area contributed by atoms with Gasteiger partial charge in [0.25, 0.3) is 5.91 Å². The van der Waals surface area contributed by atoms with Crippen LogP contribution in [0.25, 0.3) is 0 Å². The molecule has 1 saturated carbocycles. The van der Waals surface area contributed by atoms with E-state index in [1.807, 2.05) is 26.8 Å². The third-order valence-corrected chi connectivity index (χ3v) is 3.84. The molecule has 1 aromatic heterocycles. The molecule has 1 fully saturated rings. The summed E-state index contributed by atoms with van der Waals surface area (Å²) in [6.45, 7) is 6.03. The maximum Gasteiger partial charge on any atom is 0.260 e. The van der Waals surface area contributed by atoms with E-state index in [9.17, 15) is 14.4 Å². The molecule has 0 saturated heterocycles. The first-order chi connectivity index (χ1) is 10.9. The van der Waals surface area contributed by atoms with Gasteiger partial charge in [-0.3, -0.25) is 29.9 Å². The predicted molar refractivity (Wildman–Crippen MR) is 82.9 cm³/mol. The number of nitrogens with zero attached hydrogens (tertiary/aromatic N) is 2. The molecule has 2 rings (SSSR count). The molecule has 0 aliphatic heterocycles. The molecule has 2 atom stereocenters. The van der Waals surface area contributed by atoms with Crippen LogP contribution in [0, 0.1) is 25.7 Å². The van der Waals surface area contributed by atoms with Crippen LogP contribution in [-0.4, -0.2) is 34.0 Å². The van der Waals surface area contributed by atoms with Crippen molar-refractivity contribution in [2.45, 2.75) is 40.2 Å². The fraction of sp³-hybridized carbons (Fsp3) is 0.600. The van der Waals surface area contributed by atoms with Crippen molar-refractivity contribution in [1.82, 2.24) is 25.9 Å². The Kier molecular flexibility index (Phi) is 5.36. The van der Waals surface area contributed by atoms with Crippen molar-refractivity contribution < 1.29 is 14.4 Å². The highest BCUT2D eigenvalue weighted by molar-refractivity contribution is 5.83. The lowest BCUT2D eigenvalue weighted by Crippen LogP contribution is -2.44. The van der Waals surface area contributed by atoms with Gasteiger partial charge in [0, 0.05) is 24.6 Å². The average molecular weight is 321 g/mol. The van der Waals surface area contributed by atoms with Crippen molar-refractivity contribution in [3.05, 3.63) is 17.5 Å². The van der Waals surface area contributed by atoms with E-state index in [0.29, 0.717) is 5.92 Å².